The van der Waals surface area contributed by atoms with Crippen LogP contribution in [0.25, 0.3) is 5.57 Å². The van der Waals surface area contributed by atoms with Crippen molar-refractivity contribution >= 4 is 34.5 Å². The Balaban J connectivity index is 1.86. The summed E-state index contributed by atoms with van der Waals surface area (Å²) in [6.45, 7) is 0.00957. The number of halogens is 1. The highest BCUT2D eigenvalue weighted by molar-refractivity contribution is 6.34. The first kappa shape index (κ1) is 13.7. The second-order valence-electron chi connectivity index (χ2n) is 4.70. The summed E-state index contributed by atoms with van der Waals surface area (Å²) in [7, 11) is 0. The van der Waals surface area contributed by atoms with E-state index in [0.717, 1.165) is 22.5 Å². The van der Waals surface area contributed by atoms with Gasteiger partial charge in [0.1, 0.15) is 0 Å². The molecule has 0 aromatic heterocycles. The highest BCUT2D eigenvalue weighted by Gasteiger charge is 2.24. The van der Waals surface area contributed by atoms with E-state index < -0.39 is 0 Å². The highest BCUT2D eigenvalue weighted by Crippen LogP contribution is 2.33. The first-order valence-electron chi connectivity index (χ1n) is 6.45. The van der Waals surface area contributed by atoms with Crippen LogP contribution in [-0.2, 0) is 11.4 Å². The molecule has 4 nitrogen and oxygen atoms in total. The Morgan fingerprint density at radius 1 is 1.19 bits per heavy atom. The molecule has 0 fully saturated rings. The number of fused-ring (bicyclic) bond motifs is 1. The topological polar surface area (TPSA) is 61.4 Å². The molecule has 106 valence electrons. The van der Waals surface area contributed by atoms with Gasteiger partial charge in [-0.15, -0.1) is 0 Å². The molecule has 2 aromatic rings. The molecule has 21 heavy (non-hydrogen) atoms. The zero-order chi connectivity index (χ0) is 14.8. The van der Waals surface area contributed by atoms with Gasteiger partial charge in [-0.05, 0) is 35.9 Å². The number of hydrogen-bond donors (Lipinski definition) is 3. The third-order valence-corrected chi connectivity index (χ3v) is 3.52. The first-order valence-corrected chi connectivity index (χ1v) is 6.83. The van der Waals surface area contributed by atoms with Gasteiger partial charge >= 0.3 is 0 Å². The molecular weight excluding hydrogens is 288 g/mol. The number of aliphatic hydroxyl groups is 1. The molecule has 2 aromatic carbocycles. The Morgan fingerprint density at radius 3 is 2.67 bits per heavy atom. The number of anilines is 2. The lowest BCUT2D eigenvalue weighted by Gasteiger charge is -2.04. The summed E-state index contributed by atoms with van der Waals surface area (Å²) in [5, 5.41) is 15.5. The van der Waals surface area contributed by atoms with E-state index in [9.17, 15) is 4.79 Å². The van der Waals surface area contributed by atoms with Crippen LogP contribution in [0.3, 0.4) is 0 Å². The average molecular weight is 301 g/mol. The second kappa shape index (κ2) is 5.60. The third kappa shape index (κ3) is 2.77. The van der Waals surface area contributed by atoms with Gasteiger partial charge in [0.2, 0.25) is 0 Å². The van der Waals surface area contributed by atoms with Gasteiger partial charge in [0.15, 0.2) is 0 Å². The van der Waals surface area contributed by atoms with Gasteiger partial charge in [-0.3, -0.25) is 4.79 Å². The minimum Gasteiger partial charge on any atom is -0.392 e. The summed E-state index contributed by atoms with van der Waals surface area (Å²) in [6, 6.07) is 12.6. The van der Waals surface area contributed by atoms with E-state index in [1.54, 1.807) is 24.4 Å². The van der Waals surface area contributed by atoms with Crippen LogP contribution in [0.1, 0.15) is 11.1 Å². The van der Waals surface area contributed by atoms with Crippen molar-refractivity contribution in [3.05, 3.63) is 64.8 Å². The van der Waals surface area contributed by atoms with Gasteiger partial charge in [-0.1, -0.05) is 23.7 Å². The average Bonchev–Trinajstić information content (AvgIpc) is 2.80. The SMILES string of the molecule is O=C1Nc2ccc(Cl)cc2C1=CNc1ccc(CO)cc1. The first-order chi connectivity index (χ1) is 10.2. The summed E-state index contributed by atoms with van der Waals surface area (Å²) >= 11 is 5.98. The monoisotopic (exact) mass is 300 g/mol. The summed E-state index contributed by atoms with van der Waals surface area (Å²) < 4.78 is 0. The molecule has 0 unspecified atom stereocenters. The van der Waals surface area contributed by atoms with Crippen molar-refractivity contribution in [1.82, 2.24) is 0 Å². The summed E-state index contributed by atoms with van der Waals surface area (Å²) in [6.07, 6.45) is 1.66. The molecule has 1 aliphatic heterocycles. The molecule has 0 saturated carbocycles. The standard InChI is InChI=1S/C16H13ClN2O2/c17-11-3-6-15-13(7-11)14(16(21)19-15)8-18-12-4-1-10(9-20)2-5-12/h1-8,18,20H,9H2,(H,19,21). The number of benzene rings is 2. The maximum Gasteiger partial charge on any atom is 0.257 e. The van der Waals surface area contributed by atoms with E-state index in [1.165, 1.54) is 0 Å². The molecule has 0 radical (unpaired) electrons. The van der Waals surface area contributed by atoms with Gasteiger partial charge < -0.3 is 15.7 Å². The quantitative estimate of drug-likeness (QED) is 0.763. The molecule has 0 atom stereocenters. The lowest BCUT2D eigenvalue weighted by Crippen LogP contribution is -2.05. The fourth-order valence-electron chi connectivity index (χ4n) is 2.17. The Bertz CT molecular complexity index is 724. The van der Waals surface area contributed by atoms with Crippen molar-refractivity contribution in [2.24, 2.45) is 0 Å². The predicted octanol–water partition coefficient (Wildman–Crippen LogP) is 3.24. The van der Waals surface area contributed by atoms with Crippen LogP contribution in [-0.4, -0.2) is 11.0 Å². The van der Waals surface area contributed by atoms with E-state index in [0.29, 0.717) is 10.6 Å². The van der Waals surface area contributed by atoms with Gasteiger partial charge in [0.05, 0.1) is 12.2 Å². The number of aliphatic hydroxyl groups excluding tert-OH is 1. The van der Waals surface area contributed by atoms with Crippen LogP contribution in [0.15, 0.2) is 48.7 Å². The molecule has 1 aliphatic rings. The van der Waals surface area contributed by atoms with Gasteiger partial charge in [0.25, 0.3) is 5.91 Å². The molecule has 1 heterocycles. The molecule has 1 amide bonds. The summed E-state index contributed by atoms with van der Waals surface area (Å²) in [5.41, 5.74) is 3.76. The summed E-state index contributed by atoms with van der Waals surface area (Å²) in [5.74, 6) is -0.160. The van der Waals surface area contributed by atoms with Crippen molar-refractivity contribution in [1.29, 1.82) is 0 Å². The highest BCUT2D eigenvalue weighted by atomic mass is 35.5. The molecule has 0 bridgehead atoms. The predicted molar refractivity (Wildman–Crippen MR) is 84.0 cm³/mol. The van der Waals surface area contributed by atoms with Gasteiger partial charge in [0, 0.05) is 28.2 Å². The maximum absolute atomic E-state index is 12.0. The Labute approximate surface area is 127 Å². The maximum atomic E-state index is 12.0. The van der Waals surface area contributed by atoms with Crippen LogP contribution in [0, 0.1) is 0 Å². The van der Waals surface area contributed by atoms with Crippen LogP contribution >= 0.6 is 11.6 Å². The number of carbonyl (C=O) groups is 1. The van der Waals surface area contributed by atoms with E-state index in [4.69, 9.17) is 16.7 Å². The molecule has 3 N–H and O–H groups in total. The number of hydrogen-bond acceptors (Lipinski definition) is 3. The Hall–Kier alpha value is -2.30. The van der Waals surface area contributed by atoms with Crippen molar-refractivity contribution in [3.8, 4) is 0 Å². The van der Waals surface area contributed by atoms with E-state index >= 15 is 0 Å². The van der Waals surface area contributed by atoms with Crippen LogP contribution < -0.4 is 10.6 Å². The largest absolute Gasteiger partial charge is 0.392 e. The smallest absolute Gasteiger partial charge is 0.257 e. The number of rotatable bonds is 3. The van der Waals surface area contributed by atoms with Crippen molar-refractivity contribution in [2.75, 3.05) is 10.6 Å². The molecule has 5 heteroatoms. The molecule has 3 rings (SSSR count). The lowest BCUT2D eigenvalue weighted by molar-refractivity contribution is -0.110. The minimum atomic E-state index is -0.160. The molecule has 0 saturated heterocycles. The lowest BCUT2D eigenvalue weighted by atomic mass is 10.1. The van der Waals surface area contributed by atoms with E-state index in [-0.39, 0.29) is 12.5 Å². The molecule has 0 spiro atoms. The van der Waals surface area contributed by atoms with Crippen LogP contribution in [0.2, 0.25) is 5.02 Å². The number of carbonyl (C=O) groups excluding carboxylic acids is 1. The summed E-state index contributed by atoms with van der Waals surface area (Å²) in [4.78, 5) is 12.0. The third-order valence-electron chi connectivity index (χ3n) is 3.28. The fourth-order valence-corrected chi connectivity index (χ4v) is 2.34. The fraction of sp³-hybridized carbons (Fsp3) is 0.0625. The molecular formula is C16H13ClN2O2. The Kier molecular flexibility index (Phi) is 3.64. The van der Waals surface area contributed by atoms with E-state index in [2.05, 4.69) is 10.6 Å². The van der Waals surface area contributed by atoms with Crippen molar-refractivity contribution < 1.29 is 9.90 Å². The van der Waals surface area contributed by atoms with Crippen LogP contribution in [0.5, 0.6) is 0 Å². The normalized spacial score (nSPS) is 15.0. The van der Waals surface area contributed by atoms with Crippen LogP contribution in [0.4, 0.5) is 11.4 Å². The Morgan fingerprint density at radius 2 is 1.95 bits per heavy atom. The van der Waals surface area contributed by atoms with Gasteiger partial charge in [-0.2, -0.15) is 0 Å². The second-order valence-corrected chi connectivity index (χ2v) is 5.14. The number of nitrogens with one attached hydrogen (secondary N) is 2. The minimum absolute atomic E-state index is 0.00957. The molecule has 0 aliphatic carbocycles. The number of amides is 1. The van der Waals surface area contributed by atoms with Crippen molar-refractivity contribution in [3.63, 3.8) is 0 Å². The zero-order valence-corrected chi connectivity index (χ0v) is 11.8. The van der Waals surface area contributed by atoms with Gasteiger partial charge in [-0.25, -0.2) is 0 Å². The zero-order valence-electron chi connectivity index (χ0n) is 11.1. The van der Waals surface area contributed by atoms with E-state index in [1.807, 2.05) is 24.3 Å². The van der Waals surface area contributed by atoms with Crippen molar-refractivity contribution in [2.45, 2.75) is 6.61 Å².